The van der Waals surface area contributed by atoms with Gasteiger partial charge in [-0.15, -0.1) is 11.6 Å². The van der Waals surface area contributed by atoms with E-state index in [1.807, 2.05) is 12.1 Å². The quantitative estimate of drug-likeness (QED) is 0.515. The summed E-state index contributed by atoms with van der Waals surface area (Å²) >= 11 is 5.49. The first-order valence-corrected chi connectivity index (χ1v) is 9.19. The van der Waals surface area contributed by atoms with E-state index < -0.39 is 10.0 Å². The van der Waals surface area contributed by atoms with Gasteiger partial charge in [0.2, 0.25) is 0 Å². The second kappa shape index (κ2) is 6.63. The van der Waals surface area contributed by atoms with Crippen LogP contribution in [0.2, 0.25) is 0 Å². The average Bonchev–Trinajstić information content (AvgIpc) is 3.00. The number of halogens is 1. The van der Waals surface area contributed by atoms with E-state index in [9.17, 15) is 13.2 Å². The third-order valence-electron chi connectivity index (χ3n) is 3.59. The molecule has 0 fully saturated rings. The molecule has 0 aliphatic heterocycles. The third kappa shape index (κ3) is 3.00. The Labute approximate surface area is 145 Å². The fourth-order valence-electron chi connectivity index (χ4n) is 2.44. The van der Waals surface area contributed by atoms with Crippen LogP contribution in [0.5, 0.6) is 0 Å². The maximum Gasteiger partial charge on any atom is 0.268 e. The predicted octanol–water partition coefficient (Wildman–Crippen LogP) is 3.70. The molecule has 1 aromatic heterocycles. The molecule has 1 heterocycles. The van der Waals surface area contributed by atoms with E-state index in [1.165, 1.54) is 16.2 Å². The van der Waals surface area contributed by atoms with Gasteiger partial charge in [0.05, 0.1) is 16.3 Å². The number of rotatable bonds is 5. The Morgan fingerprint density at radius 3 is 2.42 bits per heavy atom. The van der Waals surface area contributed by atoms with Gasteiger partial charge < -0.3 is 0 Å². The number of hydrogen-bond acceptors (Lipinski definition) is 3. The largest absolute Gasteiger partial charge is 0.294 e. The summed E-state index contributed by atoms with van der Waals surface area (Å²) in [5, 5.41) is 0.746. The number of benzene rings is 2. The summed E-state index contributed by atoms with van der Waals surface area (Å²) in [7, 11) is -3.72. The highest BCUT2D eigenvalue weighted by Gasteiger charge is 2.20. The third-order valence-corrected chi connectivity index (χ3v) is 5.54. The van der Waals surface area contributed by atoms with Crippen molar-refractivity contribution in [1.82, 2.24) is 3.97 Å². The number of carbonyl (C=O) groups excluding carboxylic acids is 1. The van der Waals surface area contributed by atoms with Gasteiger partial charge in [0.25, 0.3) is 10.0 Å². The maximum atomic E-state index is 12.9. The first-order valence-electron chi connectivity index (χ1n) is 7.21. The highest BCUT2D eigenvalue weighted by atomic mass is 35.5. The Morgan fingerprint density at radius 1 is 1.04 bits per heavy atom. The molecule has 0 atom stereocenters. The number of hydrogen-bond donors (Lipinski definition) is 0. The van der Waals surface area contributed by atoms with Gasteiger partial charge in [-0.1, -0.05) is 36.4 Å². The lowest BCUT2D eigenvalue weighted by atomic mass is 10.1. The lowest BCUT2D eigenvalue weighted by Gasteiger charge is -2.07. The molecule has 0 bridgehead atoms. The second-order valence-electron chi connectivity index (χ2n) is 5.15. The number of ketones is 1. The SMILES string of the molecule is O=C(/C=C/c1cn(S(=O)(=O)c2ccccc2)c2ccccc12)CCl. The van der Waals surface area contributed by atoms with Crippen molar-refractivity contribution in [3.8, 4) is 0 Å². The zero-order chi connectivity index (χ0) is 17.2. The van der Waals surface area contributed by atoms with Crippen LogP contribution in [-0.2, 0) is 14.8 Å². The van der Waals surface area contributed by atoms with Crippen molar-refractivity contribution in [1.29, 1.82) is 0 Å². The van der Waals surface area contributed by atoms with E-state index >= 15 is 0 Å². The fourth-order valence-corrected chi connectivity index (χ4v) is 3.93. The molecule has 122 valence electrons. The summed E-state index contributed by atoms with van der Waals surface area (Å²) in [6.07, 6.45) is 4.46. The number of fused-ring (bicyclic) bond motifs is 1. The van der Waals surface area contributed by atoms with E-state index in [0.717, 1.165) is 5.39 Å². The minimum Gasteiger partial charge on any atom is -0.294 e. The molecule has 24 heavy (non-hydrogen) atoms. The van der Waals surface area contributed by atoms with Crippen molar-refractivity contribution >= 4 is 44.4 Å². The van der Waals surface area contributed by atoms with Crippen molar-refractivity contribution in [3.05, 3.63) is 72.4 Å². The fraction of sp³-hybridized carbons (Fsp3) is 0.0556. The van der Waals surface area contributed by atoms with E-state index in [-0.39, 0.29) is 16.6 Å². The summed E-state index contributed by atoms with van der Waals surface area (Å²) in [5.74, 6) is -0.350. The smallest absolute Gasteiger partial charge is 0.268 e. The van der Waals surface area contributed by atoms with Crippen LogP contribution in [0.1, 0.15) is 5.56 Å². The molecule has 0 aliphatic carbocycles. The molecule has 0 N–H and O–H groups in total. The van der Waals surface area contributed by atoms with Crippen LogP contribution < -0.4 is 0 Å². The minimum absolute atomic E-state index is 0.114. The van der Waals surface area contributed by atoms with Crippen LogP contribution in [0.4, 0.5) is 0 Å². The van der Waals surface area contributed by atoms with Crippen molar-refractivity contribution in [2.75, 3.05) is 5.88 Å². The maximum absolute atomic E-state index is 12.9. The molecule has 0 amide bonds. The average molecular weight is 360 g/mol. The highest BCUT2D eigenvalue weighted by molar-refractivity contribution is 7.90. The monoisotopic (exact) mass is 359 g/mol. The number of alkyl halides is 1. The van der Waals surface area contributed by atoms with Gasteiger partial charge in [0.15, 0.2) is 5.78 Å². The Kier molecular flexibility index (Phi) is 4.55. The molecule has 0 saturated carbocycles. The molecule has 2 aromatic carbocycles. The molecule has 3 aromatic rings. The lowest BCUT2D eigenvalue weighted by molar-refractivity contribution is -0.112. The molecule has 0 spiro atoms. The van der Waals surface area contributed by atoms with Crippen LogP contribution >= 0.6 is 11.6 Å². The van der Waals surface area contributed by atoms with Crippen molar-refractivity contribution < 1.29 is 13.2 Å². The molecule has 0 aliphatic rings. The Morgan fingerprint density at radius 2 is 1.71 bits per heavy atom. The van der Waals surface area contributed by atoms with Crippen molar-refractivity contribution in [3.63, 3.8) is 0 Å². The lowest BCUT2D eigenvalue weighted by Crippen LogP contribution is -2.11. The summed E-state index contributed by atoms with van der Waals surface area (Å²) in [6, 6.07) is 15.4. The molecule has 4 nitrogen and oxygen atoms in total. The van der Waals surface area contributed by atoms with Gasteiger partial charge in [-0.2, -0.15) is 0 Å². The first-order chi connectivity index (χ1) is 11.5. The minimum atomic E-state index is -3.72. The topological polar surface area (TPSA) is 56.1 Å². The van der Waals surface area contributed by atoms with E-state index in [1.54, 1.807) is 48.5 Å². The highest BCUT2D eigenvalue weighted by Crippen LogP contribution is 2.26. The van der Waals surface area contributed by atoms with Crippen LogP contribution in [0.25, 0.3) is 17.0 Å². The van der Waals surface area contributed by atoms with Gasteiger partial charge in [-0.25, -0.2) is 12.4 Å². The van der Waals surface area contributed by atoms with E-state index in [4.69, 9.17) is 11.6 Å². The summed E-state index contributed by atoms with van der Waals surface area (Å²) < 4.78 is 27.1. The zero-order valence-corrected chi connectivity index (χ0v) is 14.2. The van der Waals surface area contributed by atoms with E-state index in [0.29, 0.717) is 11.1 Å². The Balaban J connectivity index is 2.20. The summed E-state index contributed by atoms with van der Waals surface area (Å²) in [6.45, 7) is 0. The number of para-hydroxylation sites is 1. The molecular weight excluding hydrogens is 346 g/mol. The van der Waals surface area contributed by atoms with Crippen LogP contribution in [0.15, 0.2) is 71.8 Å². The Bertz CT molecular complexity index is 1020. The normalized spacial score (nSPS) is 12.0. The summed E-state index contributed by atoms with van der Waals surface area (Å²) in [5.41, 5.74) is 1.20. The molecular formula is C18H14ClNO3S. The zero-order valence-electron chi connectivity index (χ0n) is 12.6. The number of carbonyl (C=O) groups is 1. The first kappa shape index (κ1) is 16.5. The molecule has 0 unspecified atom stereocenters. The summed E-state index contributed by atoms with van der Waals surface area (Å²) in [4.78, 5) is 11.6. The van der Waals surface area contributed by atoms with Gasteiger partial charge in [0.1, 0.15) is 0 Å². The van der Waals surface area contributed by atoms with Crippen LogP contribution in [0.3, 0.4) is 0 Å². The van der Waals surface area contributed by atoms with Crippen molar-refractivity contribution in [2.45, 2.75) is 4.90 Å². The molecule has 6 heteroatoms. The predicted molar refractivity (Wildman–Crippen MR) is 95.7 cm³/mol. The molecule has 3 rings (SSSR count). The molecule has 0 radical (unpaired) electrons. The number of allylic oxidation sites excluding steroid dienone is 1. The van der Waals surface area contributed by atoms with Crippen LogP contribution in [-0.4, -0.2) is 24.1 Å². The van der Waals surface area contributed by atoms with E-state index in [2.05, 4.69) is 0 Å². The Hall–Kier alpha value is -2.37. The van der Waals surface area contributed by atoms with Gasteiger partial charge in [0, 0.05) is 17.1 Å². The van der Waals surface area contributed by atoms with Gasteiger partial charge >= 0.3 is 0 Å². The standard InChI is InChI=1S/C18H14ClNO3S/c19-12-15(21)11-10-14-13-20(18-9-5-4-8-17(14)18)24(22,23)16-6-2-1-3-7-16/h1-11,13H,12H2/b11-10+. The van der Waals surface area contributed by atoms with Crippen LogP contribution in [0, 0.1) is 0 Å². The van der Waals surface area contributed by atoms with Crippen molar-refractivity contribution in [2.24, 2.45) is 0 Å². The number of aromatic nitrogens is 1. The second-order valence-corrected chi connectivity index (χ2v) is 7.23. The van der Waals surface area contributed by atoms with Gasteiger partial charge in [-0.05, 0) is 30.4 Å². The van der Waals surface area contributed by atoms with Gasteiger partial charge in [-0.3, -0.25) is 4.79 Å². The number of nitrogens with zero attached hydrogens (tertiary/aromatic N) is 1. The molecule has 0 saturated heterocycles.